The van der Waals surface area contributed by atoms with Gasteiger partial charge >= 0.3 is 0 Å². The van der Waals surface area contributed by atoms with E-state index in [4.69, 9.17) is 22.1 Å². The van der Waals surface area contributed by atoms with E-state index in [2.05, 4.69) is 12.1 Å². The molecule has 0 aliphatic carbocycles. The SMILES string of the molecule is NCC1(Cc2ccccc2Cl)COc2ccccc2C1. The Balaban J connectivity index is 1.89. The molecule has 0 bridgehead atoms. The van der Waals surface area contributed by atoms with E-state index in [1.54, 1.807) is 0 Å². The highest BCUT2D eigenvalue weighted by Crippen LogP contribution is 2.37. The van der Waals surface area contributed by atoms with Crippen molar-refractivity contribution < 1.29 is 4.74 Å². The average Bonchev–Trinajstić information content (AvgIpc) is 2.49. The zero-order valence-electron chi connectivity index (χ0n) is 11.3. The zero-order chi connectivity index (χ0) is 14.0. The largest absolute Gasteiger partial charge is 0.493 e. The molecule has 20 heavy (non-hydrogen) atoms. The Labute approximate surface area is 124 Å². The summed E-state index contributed by atoms with van der Waals surface area (Å²) in [6.07, 6.45) is 1.78. The van der Waals surface area contributed by atoms with Crippen molar-refractivity contribution in [1.82, 2.24) is 0 Å². The minimum absolute atomic E-state index is 0.0701. The number of nitrogens with two attached hydrogens (primary N) is 1. The maximum atomic E-state index is 6.28. The van der Waals surface area contributed by atoms with Crippen LogP contribution >= 0.6 is 11.6 Å². The van der Waals surface area contributed by atoms with Crippen LogP contribution in [0.5, 0.6) is 5.75 Å². The quantitative estimate of drug-likeness (QED) is 0.938. The lowest BCUT2D eigenvalue weighted by atomic mass is 9.75. The van der Waals surface area contributed by atoms with Crippen molar-refractivity contribution in [3.8, 4) is 5.75 Å². The van der Waals surface area contributed by atoms with Gasteiger partial charge in [0.05, 0.1) is 6.61 Å². The molecule has 2 nitrogen and oxygen atoms in total. The summed E-state index contributed by atoms with van der Waals surface area (Å²) in [5, 5.41) is 0.805. The molecule has 1 aliphatic heterocycles. The number of fused-ring (bicyclic) bond motifs is 1. The van der Waals surface area contributed by atoms with Crippen molar-refractivity contribution in [2.45, 2.75) is 12.8 Å². The fourth-order valence-electron chi connectivity index (χ4n) is 2.84. The van der Waals surface area contributed by atoms with Crippen LogP contribution in [0.4, 0.5) is 0 Å². The van der Waals surface area contributed by atoms with Crippen LogP contribution < -0.4 is 10.5 Å². The Morgan fingerprint density at radius 1 is 1.10 bits per heavy atom. The first-order chi connectivity index (χ1) is 9.72. The molecule has 2 aromatic rings. The first-order valence-electron chi connectivity index (χ1n) is 6.87. The molecule has 1 unspecified atom stereocenters. The lowest BCUT2D eigenvalue weighted by molar-refractivity contribution is 0.126. The molecule has 2 N–H and O–H groups in total. The van der Waals surface area contributed by atoms with Crippen molar-refractivity contribution in [1.29, 1.82) is 0 Å². The minimum atomic E-state index is -0.0701. The predicted octanol–water partition coefficient (Wildman–Crippen LogP) is 3.46. The van der Waals surface area contributed by atoms with Crippen molar-refractivity contribution >= 4 is 11.6 Å². The summed E-state index contributed by atoms with van der Waals surface area (Å²) in [7, 11) is 0. The molecule has 0 saturated heterocycles. The molecule has 0 aromatic heterocycles. The maximum Gasteiger partial charge on any atom is 0.122 e. The van der Waals surface area contributed by atoms with Gasteiger partial charge in [-0.2, -0.15) is 0 Å². The van der Waals surface area contributed by atoms with Crippen LogP contribution in [-0.4, -0.2) is 13.2 Å². The van der Waals surface area contributed by atoms with Crippen molar-refractivity contribution in [2.24, 2.45) is 11.1 Å². The van der Waals surface area contributed by atoms with Gasteiger partial charge in [-0.3, -0.25) is 0 Å². The second kappa shape index (κ2) is 5.47. The Hall–Kier alpha value is -1.51. The fourth-order valence-corrected chi connectivity index (χ4v) is 3.04. The molecule has 0 radical (unpaired) electrons. The van der Waals surface area contributed by atoms with Gasteiger partial charge in [0.2, 0.25) is 0 Å². The summed E-state index contributed by atoms with van der Waals surface area (Å²) in [5.41, 5.74) is 8.37. The van der Waals surface area contributed by atoms with E-state index in [1.165, 1.54) is 5.56 Å². The number of para-hydroxylation sites is 1. The number of hydrogen-bond acceptors (Lipinski definition) is 2. The van der Waals surface area contributed by atoms with Gasteiger partial charge in [0, 0.05) is 17.0 Å². The van der Waals surface area contributed by atoms with Gasteiger partial charge in [-0.1, -0.05) is 48.0 Å². The van der Waals surface area contributed by atoms with Crippen LogP contribution in [0.1, 0.15) is 11.1 Å². The Morgan fingerprint density at radius 3 is 2.65 bits per heavy atom. The van der Waals surface area contributed by atoms with E-state index in [9.17, 15) is 0 Å². The standard InChI is InChI=1S/C17H18ClNO/c18-15-7-3-1-5-13(15)9-17(11-19)10-14-6-2-4-8-16(14)20-12-17/h1-8H,9-12,19H2. The summed E-state index contributed by atoms with van der Waals surface area (Å²) in [6, 6.07) is 16.2. The first-order valence-corrected chi connectivity index (χ1v) is 7.24. The molecule has 0 spiro atoms. The normalized spacial score (nSPS) is 21.1. The number of ether oxygens (including phenoxy) is 1. The third-order valence-electron chi connectivity index (χ3n) is 4.03. The molecule has 0 amide bonds. The van der Waals surface area contributed by atoms with Gasteiger partial charge in [0.1, 0.15) is 5.75 Å². The molecular weight excluding hydrogens is 270 g/mol. The molecule has 3 heteroatoms. The summed E-state index contributed by atoms with van der Waals surface area (Å²) < 4.78 is 5.92. The minimum Gasteiger partial charge on any atom is -0.493 e. The van der Waals surface area contributed by atoms with Crippen molar-refractivity contribution in [3.63, 3.8) is 0 Å². The average molecular weight is 288 g/mol. The van der Waals surface area contributed by atoms with Gasteiger partial charge < -0.3 is 10.5 Å². The molecule has 0 saturated carbocycles. The van der Waals surface area contributed by atoms with E-state index in [0.29, 0.717) is 13.2 Å². The van der Waals surface area contributed by atoms with Crippen LogP contribution in [0, 0.1) is 5.41 Å². The third-order valence-corrected chi connectivity index (χ3v) is 4.40. The number of halogens is 1. The van der Waals surface area contributed by atoms with Crippen LogP contribution in [0.3, 0.4) is 0 Å². The number of rotatable bonds is 3. The molecule has 1 atom stereocenters. The van der Waals surface area contributed by atoms with Crippen LogP contribution in [0.15, 0.2) is 48.5 Å². The van der Waals surface area contributed by atoms with E-state index in [1.807, 2.05) is 36.4 Å². The lowest BCUT2D eigenvalue weighted by Gasteiger charge is -2.37. The van der Waals surface area contributed by atoms with Gasteiger partial charge in [-0.15, -0.1) is 0 Å². The maximum absolute atomic E-state index is 6.28. The summed E-state index contributed by atoms with van der Waals surface area (Å²) >= 11 is 6.28. The van der Waals surface area contributed by atoms with E-state index >= 15 is 0 Å². The van der Waals surface area contributed by atoms with Crippen molar-refractivity contribution in [3.05, 3.63) is 64.7 Å². The zero-order valence-corrected chi connectivity index (χ0v) is 12.1. The number of hydrogen-bond donors (Lipinski definition) is 1. The van der Waals surface area contributed by atoms with Crippen LogP contribution in [0.2, 0.25) is 5.02 Å². The summed E-state index contributed by atoms with van der Waals surface area (Å²) in [5.74, 6) is 0.982. The monoisotopic (exact) mass is 287 g/mol. The van der Waals surface area contributed by atoms with E-state index < -0.39 is 0 Å². The topological polar surface area (TPSA) is 35.2 Å². The smallest absolute Gasteiger partial charge is 0.122 e. The molecule has 1 heterocycles. The van der Waals surface area contributed by atoms with Crippen LogP contribution in [0.25, 0.3) is 0 Å². The first kappa shape index (κ1) is 13.5. The molecule has 2 aromatic carbocycles. The van der Waals surface area contributed by atoms with Crippen molar-refractivity contribution in [2.75, 3.05) is 13.2 Å². The van der Waals surface area contributed by atoms with Gasteiger partial charge in [-0.25, -0.2) is 0 Å². The molecule has 104 valence electrons. The molecule has 0 fully saturated rings. The van der Waals surface area contributed by atoms with E-state index in [-0.39, 0.29) is 5.41 Å². The second-order valence-corrected chi connectivity index (χ2v) is 5.95. The molecule has 1 aliphatic rings. The lowest BCUT2D eigenvalue weighted by Crippen LogP contribution is -2.43. The Kier molecular flexibility index (Phi) is 3.68. The van der Waals surface area contributed by atoms with Crippen LogP contribution in [-0.2, 0) is 12.8 Å². The second-order valence-electron chi connectivity index (χ2n) is 5.55. The highest BCUT2D eigenvalue weighted by Gasteiger charge is 2.35. The molecule has 3 rings (SSSR count). The Bertz CT molecular complexity index is 613. The Morgan fingerprint density at radius 2 is 1.85 bits per heavy atom. The fraction of sp³-hybridized carbons (Fsp3) is 0.294. The molecular formula is C17H18ClNO. The van der Waals surface area contributed by atoms with E-state index in [0.717, 1.165) is 29.2 Å². The van der Waals surface area contributed by atoms with Gasteiger partial charge in [0.15, 0.2) is 0 Å². The highest BCUT2D eigenvalue weighted by atomic mass is 35.5. The summed E-state index contributed by atoms with van der Waals surface area (Å²) in [4.78, 5) is 0. The van der Waals surface area contributed by atoms with Gasteiger partial charge in [-0.05, 0) is 36.1 Å². The predicted molar refractivity (Wildman–Crippen MR) is 82.3 cm³/mol. The van der Waals surface area contributed by atoms with Gasteiger partial charge in [0.25, 0.3) is 0 Å². The summed E-state index contributed by atoms with van der Waals surface area (Å²) in [6.45, 7) is 1.23. The highest BCUT2D eigenvalue weighted by molar-refractivity contribution is 6.31. The third kappa shape index (κ3) is 2.54. The number of benzene rings is 2.